The van der Waals surface area contributed by atoms with Crippen molar-refractivity contribution >= 4 is 28.8 Å². The molecule has 2 aromatic rings. The van der Waals surface area contributed by atoms with E-state index in [0.29, 0.717) is 23.5 Å². The number of carbonyl (C=O) groups is 2. The molecule has 126 valence electrons. The van der Waals surface area contributed by atoms with Crippen molar-refractivity contribution < 1.29 is 9.59 Å². The van der Waals surface area contributed by atoms with Gasteiger partial charge in [0, 0.05) is 36.3 Å². The molecule has 1 aromatic carbocycles. The first-order valence-corrected chi connectivity index (χ1v) is 8.83. The summed E-state index contributed by atoms with van der Waals surface area (Å²) in [6, 6.07) is 5.39. The molecule has 6 nitrogen and oxygen atoms in total. The lowest BCUT2D eigenvalue weighted by Crippen LogP contribution is -2.28. The minimum absolute atomic E-state index is 0.0279. The van der Waals surface area contributed by atoms with Crippen LogP contribution < -0.4 is 11.1 Å². The van der Waals surface area contributed by atoms with E-state index in [4.69, 9.17) is 5.73 Å². The molecule has 0 unspecified atom stereocenters. The van der Waals surface area contributed by atoms with Crippen molar-refractivity contribution in [1.29, 1.82) is 0 Å². The van der Waals surface area contributed by atoms with Crippen LogP contribution in [0.15, 0.2) is 23.6 Å². The number of rotatable bonds is 4. The molecule has 1 aromatic heterocycles. The Morgan fingerprint density at radius 1 is 1.33 bits per heavy atom. The fourth-order valence-electron chi connectivity index (χ4n) is 2.79. The number of nitrogens with zero attached hydrogens (tertiary/aromatic N) is 2. The Bertz CT molecular complexity index is 766. The van der Waals surface area contributed by atoms with Crippen molar-refractivity contribution in [3.8, 4) is 0 Å². The number of hydrogen-bond donors (Lipinski definition) is 2. The predicted octanol–water partition coefficient (Wildman–Crippen LogP) is 2.40. The predicted molar refractivity (Wildman–Crippen MR) is 94.3 cm³/mol. The molecule has 0 bridgehead atoms. The minimum atomic E-state index is -0.292. The molecule has 1 saturated heterocycles. The lowest BCUT2D eigenvalue weighted by Gasteiger charge is -2.18. The quantitative estimate of drug-likeness (QED) is 0.891. The Hall–Kier alpha value is -2.25. The topological polar surface area (TPSA) is 88.3 Å². The summed E-state index contributed by atoms with van der Waals surface area (Å²) in [6.45, 7) is 3.77. The van der Waals surface area contributed by atoms with Crippen molar-refractivity contribution in [3.05, 3.63) is 45.4 Å². The molecular formula is C17H20N4O2S. The largest absolute Gasteiger partial charge is 0.339 e. The Morgan fingerprint density at radius 3 is 2.75 bits per heavy atom. The van der Waals surface area contributed by atoms with Gasteiger partial charge in [-0.05, 0) is 37.5 Å². The number of carbonyl (C=O) groups excluding carboxylic acids is 2. The molecule has 1 fully saturated rings. The highest BCUT2D eigenvalue weighted by Crippen LogP contribution is 2.23. The van der Waals surface area contributed by atoms with Crippen LogP contribution in [0, 0.1) is 6.92 Å². The number of likely N-dealkylation sites (tertiary alicyclic amines) is 1. The smallest absolute Gasteiger partial charge is 0.275 e. The number of thiazole rings is 1. The Labute approximate surface area is 144 Å². The molecule has 0 saturated carbocycles. The molecule has 2 heterocycles. The van der Waals surface area contributed by atoms with Gasteiger partial charge in [-0.1, -0.05) is 6.07 Å². The van der Waals surface area contributed by atoms with Crippen molar-refractivity contribution in [2.45, 2.75) is 26.3 Å². The van der Waals surface area contributed by atoms with Crippen LogP contribution in [0.3, 0.4) is 0 Å². The monoisotopic (exact) mass is 344 g/mol. The summed E-state index contributed by atoms with van der Waals surface area (Å²) in [5.41, 5.74) is 7.91. The van der Waals surface area contributed by atoms with Gasteiger partial charge < -0.3 is 16.0 Å². The zero-order chi connectivity index (χ0) is 17.1. The molecule has 0 aliphatic carbocycles. The highest BCUT2D eigenvalue weighted by molar-refractivity contribution is 7.09. The summed E-state index contributed by atoms with van der Waals surface area (Å²) < 4.78 is 0. The number of nitrogens with two attached hydrogens (primary N) is 1. The minimum Gasteiger partial charge on any atom is -0.339 e. The summed E-state index contributed by atoms with van der Waals surface area (Å²) in [5, 5.41) is 5.25. The van der Waals surface area contributed by atoms with Gasteiger partial charge in [-0.25, -0.2) is 4.98 Å². The third kappa shape index (κ3) is 3.32. The first kappa shape index (κ1) is 16.6. The van der Waals surface area contributed by atoms with Gasteiger partial charge in [0.2, 0.25) is 0 Å². The molecule has 0 atom stereocenters. The van der Waals surface area contributed by atoms with Gasteiger partial charge in [0.15, 0.2) is 0 Å². The van der Waals surface area contributed by atoms with E-state index >= 15 is 0 Å². The van der Waals surface area contributed by atoms with E-state index in [-0.39, 0.29) is 11.8 Å². The zero-order valence-electron chi connectivity index (χ0n) is 13.5. The van der Waals surface area contributed by atoms with E-state index in [2.05, 4.69) is 10.3 Å². The van der Waals surface area contributed by atoms with E-state index in [9.17, 15) is 9.59 Å². The Kier molecular flexibility index (Phi) is 4.92. The van der Waals surface area contributed by atoms with Crippen LogP contribution in [0.2, 0.25) is 0 Å². The summed E-state index contributed by atoms with van der Waals surface area (Å²) in [5.74, 6) is -0.264. The van der Waals surface area contributed by atoms with Crippen LogP contribution >= 0.6 is 11.3 Å². The Morgan fingerprint density at radius 2 is 2.08 bits per heavy atom. The van der Waals surface area contributed by atoms with Gasteiger partial charge in [0.1, 0.15) is 10.7 Å². The Balaban J connectivity index is 1.79. The van der Waals surface area contributed by atoms with E-state index in [1.165, 1.54) is 11.3 Å². The summed E-state index contributed by atoms with van der Waals surface area (Å²) in [7, 11) is 0. The third-order valence-corrected chi connectivity index (χ3v) is 5.04. The number of hydrogen-bond acceptors (Lipinski definition) is 5. The van der Waals surface area contributed by atoms with E-state index in [1.54, 1.807) is 23.6 Å². The van der Waals surface area contributed by atoms with Crippen LogP contribution in [-0.2, 0) is 6.54 Å². The van der Waals surface area contributed by atoms with Crippen molar-refractivity contribution in [3.63, 3.8) is 0 Å². The number of aromatic nitrogens is 1. The molecular weight excluding hydrogens is 324 g/mol. The van der Waals surface area contributed by atoms with E-state index in [0.717, 1.165) is 36.5 Å². The number of amides is 2. The maximum Gasteiger partial charge on any atom is 0.275 e. The van der Waals surface area contributed by atoms with Gasteiger partial charge in [-0.2, -0.15) is 0 Å². The maximum atomic E-state index is 12.6. The van der Waals surface area contributed by atoms with Gasteiger partial charge in [0.05, 0.1) is 0 Å². The molecule has 0 radical (unpaired) electrons. The SMILES string of the molecule is Cc1c(NC(=O)c2csc(CN)n2)cccc1C(=O)N1CCCC1. The first-order valence-electron chi connectivity index (χ1n) is 7.95. The van der Waals surface area contributed by atoms with E-state index in [1.807, 2.05) is 11.8 Å². The average molecular weight is 344 g/mol. The molecule has 1 aliphatic rings. The van der Waals surface area contributed by atoms with Gasteiger partial charge in [-0.15, -0.1) is 11.3 Å². The van der Waals surface area contributed by atoms with Crippen LogP contribution in [-0.4, -0.2) is 34.8 Å². The highest BCUT2D eigenvalue weighted by Gasteiger charge is 2.22. The maximum absolute atomic E-state index is 12.6. The highest BCUT2D eigenvalue weighted by atomic mass is 32.1. The molecule has 1 aliphatic heterocycles. The molecule has 24 heavy (non-hydrogen) atoms. The average Bonchev–Trinajstić information content (AvgIpc) is 3.27. The normalized spacial score (nSPS) is 14.0. The van der Waals surface area contributed by atoms with E-state index < -0.39 is 0 Å². The summed E-state index contributed by atoms with van der Waals surface area (Å²) in [4.78, 5) is 31.0. The lowest BCUT2D eigenvalue weighted by molar-refractivity contribution is 0.0791. The van der Waals surface area contributed by atoms with Crippen molar-refractivity contribution in [2.24, 2.45) is 5.73 Å². The molecule has 7 heteroatoms. The fourth-order valence-corrected chi connectivity index (χ4v) is 3.44. The zero-order valence-corrected chi connectivity index (χ0v) is 14.4. The van der Waals surface area contributed by atoms with Gasteiger partial charge in [-0.3, -0.25) is 9.59 Å². The standard InChI is InChI=1S/C17H20N4O2S/c1-11-12(17(23)21-7-2-3-8-21)5-4-6-13(11)20-16(22)14-10-24-15(9-18)19-14/h4-6,10H,2-3,7-9,18H2,1H3,(H,20,22). The molecule has 3 rings (SSSR count). The van der Waals surface area contributed by atoms with Crippen molar-refractivity contribution in [1.82, 2.24) is 9.88 Å². The van der Waals surface area contributed by atoms with Crippen LogP contribution in [0.4, 0.5) is 5.69 Å². The van der Waals surface area contributed by atoms with Crippen LogP contribution in [0.5, 0.6) is 0 Å². The van der Waals surface area contributed by atoms with Crippen LogP contribution in [0.1, 0.15) is 44.3 Å². The third-order valence-electron chi connectivity index (χ3n) is 4.16. The second kappa shape index (κ2) is 7.11. The second-order valence-electron chi connectivity index (χ2n) is 5.76. The molecule has 3 N–H and O–H groups in total. The molecule has 0 spiro atoms. The first-order chi connectivity index (χ1) is 11.6. The van der Waals surface area contributed by atoms with Gasteiger partial charge >= 0.3 is 0 Å². The van der Waals surface area contributed by atoms with Crippen LogP contribution in [0.25, 0.3) is 0 Å². The fraction of sp³-hybridized carbons (Fsp3) is 0.353. The summed E-state index contributed by atoms with van der Waals surface area (Å²) in [6.07, 6.45) is 2.10. The number of anilines is 1. The lowest BCUT2D eigenvalue weighted by atomic mass is 10.1. The van der Waals surface area contributed by atoms with Crippen molar-refractivity contribution in [2.75, 3.05) is 18.4 Å². The number of benzene rings is 1. The second-order valence-corrected chi connectivity index (χ2v) is 6.70. The summed E-state index contributed by atoms with van der Waals surface area (Å²) >= 11 is 1.36. The molecule has 2 amide bonds. The number of nitrogens with one attached hydrogen (secondary N) is 1. The van der Waals surface area contributed by atoms with Gasteiger partial charge in [0.25, 0.3) is 11.8 Å².